The Hall–Kier alpha value is -0.0400. The Morgan fingerprint density at radius 3 is 1.73 bits per heavy atom. The molecule has 0 spiro atoms. The molecule has 0 aromatic heterocycles. The zero-order valence-corrected chi connectivity index (χ0v) is 11.4. The smallest absolute Gasteiger partial charge is 0.0894 e. The molecular formula is C14H30N+. The standard InChI is InChI=1S/C14H30N/c1-6-15(12(2)3,13(4)5)14-10-8-7-9-11-14/h12-14H,6-11H2,1-5H3/q+1. The third-order valence-corrected chi connectivity index (χ3v) is 4.73. The van der Waals surface area contributed by atoms with Crippen LogP contribution in [0.4, 0.5) is 0 Å². The Morgan fingerprint density at radius 1 is 0.933 bits per heavy atom. The molecule has 0 radical (unpaired) electrons. The lowest BCUT2D eigenvalue weighted by atomic mass is 9.89. The van der Waals surface area contributed by atoms with Crippen molar-refractivity contribution >= 4 is 0 Å². The first-order valence-electron chi connectivity index (χ1n) is 6.92. The highest BCUT2D eigenvalue weighted by molar-refractivity contribution is 4.70. The van der Waals surface area contributed by atoms with Gasteiger partial charge in [-0.3, -0.25) is 0 Å². The highest BCUT2D eigenvalue weighted by Gasteiger charge is 2.41. The summed E-state index contributed by atoms with van der Waals surface area (Å²) >= 11 is 0. The van der Waals surface area contributed by atoms with Gasteiger partial charge in [-0.05, 0) is 60.3 Å². The molecule has 1 saturated carbocycles. The summed E-state index contributed by atoms with van der Waals surface area (Å²) in [4.78, 5) is 0. The van der Waals surface area contributed by atoms with E-state index < -0.39 is 0 Å². The molecule has 1 heteroatoms. The molecule has 90 valence electrons. The first-order valence-corrected chi connectivity index (χ1v) is 6.92. The third kappa shape index (κ3) is 2.38. The summed E-state index contributed by atoms with van der Waals surface area (Å²) in [5.41, 5.74) is 0. The SMILES string of the molecule is CC[N+](C(C)C)(C(C)C)C1CCCCC1. The van der Waals surface area contributed by atoms with Crippen LogP contribution in [0.5, 0.6) is 0 Å². The van der Waals surface area contributed by atoms with Crippen molar-refractivity contribution in [2.24, 2.45) is 0 Å². The minimum absolute atomic E-state index is 0.776. The Bertz CT molecular complexity index is 170. The molecule has 0 unspecified atom stereocenters. The predicted octanol–water partition coefficient (Wildman–Crippen LogP) is 3.97. The first kappa shape index (κ1) is 13.0. The van der Waals surface area contributed by atoms with Crippen LogP contribution in [0.2, 0.25) is 0 Å². The summed E-state index contributed by atoms with van der Waals surface area (Å²) in [6.07, 6.45) is 7.32. The Morgan fingerprint density at radius 2 is 1.40 bits per heavy atom. The maximum atomic E-state index is 2.41. The molecule has 0 bridgehead atoms. The molecule has 0 aromatic carbocycles. The molecule has 1 aliphatic carbocycles. The van der Waals surface area contributed by atoms with Gasteiger partial charge in [0.2, 0.25) is 0 Å². The second-order valence-electron chi connectivity index (χ2n) is 5.79. The predicted molar refractivity (Wildman–Crippen MR) is 67.9 cm³/mol. The van der Waals surface area contributed by atoms with Gasteiger partial charge in [-0.15, -0.1) is 0 Å². The summed E-state index contributed by atoms with van der Waals surface area (Å²) < 4.78 is 1.35. The van der Waals surface area contributed by atoms with Crippen LogP contribution in [0.1, 0.15) is 66.7 Å². The van der Waals surface area contributed by atoms with E-state index in [9.17, 15) is 0 Å². The van der Waals surface area contributed by atoms with Crippen LogP contribution in [0.3, 0.4) is 0 Å². The third-order valence-electron chi connectivity index (χ3n) is 4.73. The van der Waals surface area contributed by atoms with Crippen LogP contribution in [0.15, 0.2) is 0 Å². The van der Waals surface area contributed by atoms with Crippen molar-refractivity contribution in [3.63, 3.8) is 0 Å². The van der Waals surface area contributed by atoms with Crippen LogP contribution in [0, 0.1) is 0 Å². The maximum absolute atomic E-state index is 2.41. The largest absolute Gasteiger partial charge is 0.317 e. The highest BCUT2D eigenvalue weighted by atomic mass is 15.4. The van der Waals surface area contributed by atoms with Crippen molar-refractivity contribution < 1.29 is 4.48 Å². The lowest BCUT2D eigenvalue weighted by Gasteiger charge is -2.52. The lowest BCUT2D eigenvalue weighted by Crippen LogP contribution is -2.63. The average molecular weight is 212 g/mol. The molecule has 0 aliphatic heterocycles. The molecule has 0 N–H and O–H groups in total. The highest BCUT2D eigenvalue weighted by Crippen LogP contribution is 2.33. The Kier molecular flexibility index (Phi) is 4.64. The van der Waals surface area contributed by atoms with Gasteiger partial charge in [-0.1, -0.05) is 6.42 Å². The van der Waals surface area contributed by atoms with Gasteiger partial charge in [0.05, 0.1) is 24.7 Å². The van der Waals surface area contributed by atoms with E-state index in [4.69, 9.17) is 0 Å². The van der Waals surface area contributed by atoms with E-state index in [0.717, 1.165) is 18.1 Å². The van der Waals surface area contributed by atoms with E-state index in [-0.39, 0.29) is 0 Å². The van der Waals surface area contributed by atoms with Gasteiger partial charge in [0, 0.05) is 0 Å². The van der Waals surface area contributed by atoms with Gasteiger partial charge in [-0.25, -0.2) is 0 Å². The normalized spacial score (nSPS) is 20.2. The van der Waals surface area contributed by atoms with E-state index in [2.05, 4.69) is 34.6 Å². The fourth-order valence-electron chi connectivity index (χ4n) is 3.99. The number of hydrogen-bond donors (Lipinski definition) is 0. The van der Waals surface area contributed by atoms with E-state index in [1.54, 1.807) is 0 Å². The lowest BCUT2D eigenvalue weighted by molar-refractivity contribution is -0.988. The van der Waals surface area contributed by atoms with Crippen molar-refractivity contribution in [3.05, 3.63) is 0 Å². The van der Waals surface area contributed by atoms with Crippen molar-refractivity contribution in [2.75, 3.05) is 6.54 Å². The first-order chi connectivity index (χ1) is 7.05. The van der Waals surface area contributed by atoms with Gasteiger partial charge >= 0.3 is 0 Å². The van der Waals surface area contributed by atoms with Crippen molar-refractivity contribution in [1.82, 2.24) is 0 Å². The fourth-order valence-corrected chi connectivity index (χ4v) is 3.99. The minimum atomic E-state index is 0.776. The van der Waals surface area contributed by atoms with Crippen LogP contribution < -0.4 is 0 Å². The van der Waals surface area contributed by atoms with Gasteiger partial charge in [0.25, 0.3) is 0 Å². The summed E-state index contributed by atoms with van der Waals surface area (Å²) in [6, 6.07) is 2.49. The maximum Gasteiger partial charge on any atom is 0.0894 e. The Balaban J connectivity index is 2.86. The number of quaternary nitrogens is 1. The number of rotatable bonds is 4. The van der Waals surface area contributed by atoms with Crippen LogP contribution in [-0.2, 0) is 0 Å². The summed E-state index contributed by atoms with van der Waals surface area (Å²) in [5, 5.41) is 0. The van der Waals surface area contributed by atoms with E-state index in [1.807, 2.05) is 0 Å². The molecule has 0 atom stereocenters. The summed E-state index contributed by atoms with van der Waals surface area (Å²) in [6.45, 7) is 13.3. The van der Waals surface area contributed by atoms with Crippen LogP contribution in [0.25, 0.3) is 0 Å². The van der Waals surface area contributed by atoms with E-state index in [0.29, 0.717) is 0 Å². The zero-order valence-electron chi connectivity index (χ0n) is 11.4. The van der Waals surface area contributed by atoms with Crippen LogP contribution in [-0.4, -0.2) is 29.2 Å². The van der Waals surface area contributed by atoms with Gasteiger partial charge in [-0.2, -0.15) is 0 Å². The molecule has 0 amide bonds. The topological polar surface area (TPSA) is 0 Å². The minimum Gasteiger partial charge on any atom is -0.317 e. The monoisotopic (exact) mass is 212 g/mol. The second-order valence-corrected chi connectivity index (χ2v) is 5.79. The molecule has 1 aliphatic rings. The second kappa shape index (κ2) is 5.34. The van der Waals surface area contributed by atoms with Crippen LogP contribution >= 0.6 is 0 Å². The molecule has 0 saturated heterocycles. The van der Waals surface area contributed by atoms with E-state index >= 15 is 0 Å². The average Bonchev–Trinajstić information content (AvgIpc) is 2.20. The molecule has 1 fully saturated rings. The van der Waals surface area contributed by atoms with Crippen molar-refractivity contribution in [1.29, 1.82) is 0 Å². The zero-order chi connectivity index (χ0) is 11.5. The number of nitrogens with zero attached hydrogens (tertiary/aromatic N) is 1. The summed E-state index contributed by atoms with van der Waals surface area (Å²) in [5.74, 6) is 0. The molecule has 1 rings (SSSR count). The number of hydrogen-bond acceptors (Lipinski definition) is 0. The van der Waals surface area contributed by atoms with Gasteiger partial charge < -0.3 is 4.48 Å². The molecule has 0 heterocycles. The van der Waals surface area contributed by atoms with Gasteiger partial charge in [0.15, 0.2) is 0 Å². The van der Waals surface area contributed by atoms with Crippen molar-refractivity contribution in [2.45, 2.75) is 84.8 Å². The quantitative estimate of drug-likeness (QED) is 0.619. The summed E-state index contributed by atoms with van der Waals surface area (Å²) in [7, 11) is 0. The van der Waals surface area contributed by atoms with Crippen molar-refractivity contribution in [3.8, 4) is 0 Å². The molecule has 0 aromatic rings. The molecular weight excluding hydrogens is 182 g/mol. The molecule has 15 heavy (non-hydrogen) atoms. The fraction of sp³-hybridized carbons (Fsp3) is 1.00. The Labute approximate surface area is 96.4 Å². The van der Waals surface area contributed by atoms with E-state index in [1.165, 1.54) is 43.1 Å². The van der Waals surface area contributed by atoms with Gasteiger partial charge in [0.1, 0.15) is 0 Å². The molecule has 1 nitrogen and oxygen atoms in total.